The fourth-order valence-corrected chi connectivity index (χ4v) is 2.69. The second-order valence-corrected chi connectivity index (χ2v) is 5.05. The van der Waals surface area contributed by atoms with E-state index in [1.54, 1.807) is 0 Å². The van der Waals surface area contributed by atoms with E-state index in [1.165, 1.54) is 12.8 Å². The standard InChI is InChI=1S/C12H20N4O/c13-10-5-3-6-16-12(10)14-11(15-16)8-9-4-1-2-7-17-9/h9-10H,1-8,13H2. The van der Waals surface area contributed by atoms with Gasteiger partial charge in [0.25, 0.3) is 0 Å². The SMILES string of the molecule is NC1CCCn2nc(CC3CCCCO3)nc21. The molecule has 0 saturated carbocycles. The topological polar surface area (TPSA) is 66.0 Å². The van der Waals surface area contributed by atoms with Crippen LogP contribution >= 0.6 is 0 Å². The average Bonchev–Trinajstić information content (AvgIpc) is 2.74. The van der Waals surface area contributed by atoms with Crippen LogP contribution in [0, 0.1) is 0 Å². The Balaban J connectivity index is 1.71. The molecule has 3 heterocycles. The van der Waals surface area contributed by atoms with Gasteiger partial charge < -0.3 is 10.5 Å². The van der Waals surface area contributed by atoms with Gasteiger partial charge in [0.15, 0.2) is 5.82 Å². The van der Waals surface area contributed by atoms with Crippen LogP contribution in [-0.2, 0) is 17.7 Å². The molecule has 94 valence electrons. The molecule has 0 aliphatic carbocycles. The normalized spacial score (nSPS) is 29.0. The van der Waals surface area contributed by atoms with Crippen LogP contribution in [0.4, 0.5) is 0 Å². The molecule has 1 aromatic rings. The molecule has 2 unspecified atom stereocenters. The van der Waals surface area contributed by atoms with Crippen LogP contribution in [0.25, 0.3) is 0 Å². The highest BCUT2D eigenvalue weighted by atomic mass is 16.5. The first-order valence-corrected chi connectivity index (χ1v) is 6.64. The van der Waals surface area contributed by atoms with E-state index in [-0.39, 0.29) is 6.04 Å². The first kappa shape index (κ1) is 11.2. The van der Waals surface area contributed by atoms with Crippen LogP contribution in [0.15, 0.2) is 0 Å². The van der Waals surface area contributed by atoms with Crippen molar-refractivity contribution in [1.82, 2.24) is 14.8 Å². The van der Waals surface area contributed by atoms with Crippen molar-refractivity contribution in [3.05, 3.63) is 11.6 Å². The summed E-state index contributed by atoms with van der Waals surface area (Å²) >= 11 is 0. The Hall–Kier alpha value is -0.940. The largest absolute Gasteiger partial charge is 0.378 e. The quantitative estimate of drug-likeness (QED) is 0.837. The number of hydrogen-bond donors (Lipinski definition) is 1. The summed E-state index contributed by atoms with van der Waals surface area (Å²) in [7, 11) is 0. The maximum atomic E-state index is 6.04. The van der Waals surface area contributed by atoms with Gasteiger partial charge in [-0.25, -0.2) is 9.67 Å². The van der Waals surface area contributed by atoms with Gasteiger partial charge in [0.1, 0.15) is 5.82 Å². The zero-order valence-corrected chi connectivity index (χ0v) is 10.1. The van der Waals surface area contributed by atoms with Crippen molar-refractivity contribution < 1.29 is 4.74 Å². The highest BCUT2D eigenvalue weighted by molar-refractivity contribution is 5.02. The molecule has 1 fully saturated rings. The lowest BCUT2D eigenvalue weighted by Gasteiger charge is -2.21. The molecular formula is C12H20N4O. The maximum absolute atomic E-state index is 6.04. The minimum absolute atomic E-state index is 0.0669. The Kier molecular flexibility index (Phi) is 3.11. The number of rotatable bonds is 2. The van der Waals surface area contributed by atoms with Gasteiger partial charge in [0.2, 0.25) is 0 Å². The number of nitrogens with two attached hydrogens (primary N) is 1. The highest BCUT2D eigenvalue weighted by Crippen LogP contribution is 2.22. The molecule has 2 aliphatic heterocycles. The summed E-state index contributed by atoms with van der Waals surface area (Å²) in [5.41, 5.74) is 6.04. The molecule has 2 atom stereocenters. The zero-order valence-electron chi connectivity index (χ0n) is 10.1. The van der Waals surface area contributed by atoms with Crippen molar-refractivity contribution in [2.45, 2.75) is 57.2 Å². The van der Waals surface area contributed by atoms with Gasteiger partial charge in [-0.2, -0.15) is 5.10 Å². The molecule has 0 bridgehead atoms. The lowest BCUT2D eigenvalue weighted by molar-refractivity contribution is 0.0156. The van der Waals surface area contributed by atoms with Crippen LogP contribution in [0.1, 0.15) is 49.8 Å². The summed E-state index contributed by atoms with van der Waals surface area (Å²) in [6, 6.07) is 0.0669. The summed E-state index contributed by atoms with van der Waals surface area (Å²) in [5.74, 6) is 1.87. The predicted octanol–water partition coefficient (Wildman–Crippen LogP) is 1.18. The molecule has 2 aliphatic rings. The monoisotopic (exact) mass is 236 g/mol. The molecule has 3 rings (SSSR count). The summed E-state index contributed by atoms with van der Waals surface area (Å²) in [5, 5.41) is 4.54. The smallest absolute Gasteiger partial charge is 0.153 e. The van der Waals surface area contributed by atoms with Crippen LogP contribution in [-0.4, -0.2) is 27.5 Å². The Labute approximate surface area is 101 Å². The molecule has 1 aromatic heterocycles. The molecule has 17 heavy (non-hydrogen) atoms. The van der Waals surface area contributed by atoms with Crippen LogP contribution < -0.4 is 5.73 Å². The van der Waals surface area contributed by atoms with Crippen molar-refractivity contribution in [3.8, 4) is 0 Å². The van der Waals surface area contributed by atoms with Crippen molar-refractivity contribution in [3.63, 3.8) is 0 Å². The fraction of sp³-hybridized carbons (Fsp3) is 0.833. The molecule has 5 nitrogen and oxygen atoms in total. The summed E-state index contributed by atoms with van der Waals surface area (Å²) in [4.78, 5) is 4.57. The highest BCUT2D eigenvalue weighted by Gasteiger charge is 2.23. The third kappa shape index (κ3) is 2.35. The third-order valence-electron chi connectivity index (χ3n) is 3.65. The first-order valence-electron chi connectivity index (χ1n) is 6.64. The van der Waals surface area contributed by atoms with Gasteiger partial charge in [-0.3, -0.25) is 0 Å². The predicted molar refractivity (Wildman–Crippen MR) is 63.5 cm³/mol. The van der Waals surface area contributed by atoms with Gasteiger partial charge in [-0.1, -0.05) is 0 Å². The van der Waals surface area contributed by atoms with Crippen LogP contribution in [0.2, 0.25) is 0 Å². The molecule has 0 radical (unpaired) electrons. The summed E-state index contributed by atoms with van der Waals surface area (Å²) < 4.78 is 7.70. The minimum atomic E-state index is 0.0669. The van der Waals surface area contributed by atoms with Gasteiger partial charge in [0, 0.05) is 19.6 Å². The van der Waals surface area contributed by atoms with Gasteiger partial charge in [0.05, 0.1) is 12.1 Å². The molecule has 0 spiro atoms. The van der Waals surface area contributed by atoms with E-state index in [4.69, 9.17) is 10.5 Å². The first-order chi connectivity index (χ1) is 8.33. The van der Waals surface area contributed by atoms with E-state index < -0.39 is 0 Å². The van der Waals surface area contributed by atoms with Crippen molar-refractivity contribution in [2.24, 2.45) is 5.73 Å². The Morgan fingerprint density at radius 2 is 2.24 bits per heavy atom. The average molecular weight is 236 g/mol. The number of hydrogen-bond acceptors (Lipinski definition) is 4. The minimum Gasteiger partial charge on any atom is -0.378 e. The van der Waals surface area contributed by atoms with Crippen molar-refractivity contribution >= 4 is 0 Å². The Bertz CT molecular complexity index is 384. The molecule has 2 N–H and O–H groups in total. The summed E-state index contributed by atoms with van der Waals surface area (Å²) in [6.07, 6.45) is 6.87. The number of nitrogens with zero attached hydrogens (tertiary/aromatic N) is 3. The molecule has 5 heteroatoms. The number of fused-ring (bicyclic) bond motifs is 1. The lowest BCUT2D eigenvalue weighted by atomic mass is 10.1. The molecule has 0 amide bonds. The number of aromatic nitrogens is 3. The van der Waals surface area contributed by atoms with Gasteiger partial charge in [-0.15, -0.1) is 0 Å². The number of aryl methyl sites for hydroxylation is 1. The maximum Gasteiger partial charge on any atom is 0.153 e. The second-order valence-electron chi connectivity index (χ2n) is 5.05. The van der Waals surface area contributed by atoms with E-state index in [0.717, 1.165) is 50.5 Å². The van der Waals surface area contributed by atoms with E-state index in [1.807, 2.05) is 4.68 Å². The van der Waals surface area contributed by atoms with E-state index >= 15 is 0 Å². The molecular weight excluding hydrogens is 216 g/mol. The summed E-state index contributed by atoms with van der Waals surface area (Å²) in [6.45, 7) is 1.85. The second kappa shape index (κ2) is 4.74. The van der Waals surface area contributed by atoms with Crippen LogP contribution in [0.5, 0.6) is 0 Å². The lowest BCUT2D eigenvalue weighted by Crippen LogP contribution is -2.22. The Morgan fingerprint density at radius 1 is 1.29 bits per heavy atom. The number of ether oxygens (including phenoxy) is 1. The van der Waals surface area contributed by atoms with E-state index in [9.17, 15) is 0 Å². The van der Waals surface area contributed by atoms with Crippen LogP contribution in [0.3, 0.4) is 0 Å². The van der Waals surface area contributed by atoms with E-state index in [0.29, 0.717) is 6.10 Å². The van der Waals surface area contributed by atoms with E-state index in [2.05, 4.69) is 10.1 Å². The molecule has 0 aromatic carbocycles. The zero-order chi connectivity index (χ0) is 11.7. The van der Waals surface area contributed by atoms with Crippen molar-refractivity contribution in [1.29, 1.82) is 0 Å². The molecule has 1 saturated heterocycles. The van der Waals surface area contributed by atoms with Gasteiger partial charge >= 0.3 is 0 Å². The fourth-order valence-electron chi connectivity index (χ4n) is 2.69. The third-order valence-corrected chi connectivity index (χ3v) is 3.65. The Morgan fingerprint density at radius 3 is 3.00 bits per heavy atom. The van der Waals surface area contributed by atoms with Crippen molar-refractivity contribution in [2.75, 3.05) is 6.61 Å². The van der Waals surface area contributed by atoms with Gasteiger partial charge in [-0.05, 0) is 32.1 Å².